The first kappa shape index (κ1) is 17.2. The minimum atomic E-state index is -3.10. The van der Waals surface area contributed by atoms with Gasteiger partial charge in [0.15, 0.2) is 15.6 Å². The number of fused-ring (bicyclic) bond motifs is 1. The van der Waals surface area contributed by atoms with E-state index < -0.39 is 15.4 Å². The number of nitrogens with one attached hydrogen (secondary N) is 2. The zero-order valence-corrected chi connectivity index (χ0v) is 15.4. The molecule has 0 spiro atoms. The van der Waals surface area contributed by atoms with Crippen LogP contribution >= 0.6 is 0 Å². The van der Waals surface area contributed by atoms with E-state index in [9.17, 15) is 18.0 Å². The molecule has 1 aromatic heterocycles. The molecule has 1 aliphatic carbocycles. The van der Waals surface area contributed by atoms with Crippen LogP contribution in [0.5, 0.6) is 0 Å². The van der Waals surface area contributed by atoms with Gasteiger partial charge in [-0.2, -0.15) is 0 Å². The second kappa shape index (κ2) is 5.18. The van der Waals surface area contributed by atoms with Crippen molar-refractivity contribution < 1.29 is 18.0 Å². The molecule has 1 atom stereocenters. The number of rotatable bonds is 2. The monoisotopic (exact) mass is 352 g/mol. The summed E-state index contributed by atoms with van der Waals surface area (Å²) in [6.45, 7) is 7.60. The lowest BCUT2D eigenvalue weighted by Gasteiger charge is -2.28. The van der Waals surface area contributed by atoms with Crippen LogP contribution in [-0.2, 0) is 16.3 Å². The molecule has 6 nitrogen and oxygen atoms in total. The van der Waals surface area contributed by atoms with Crippen LogP contribution < -0.4 is 5.32 Å². The highest BCUT2D eigenvalue weighted by molar-refractivity contribution is 7.91. The molecule has 0 unspecified atom stereocenters. The number of aromatic amines is 1. The Morgan fingerprint density at radius 2 is 1.88 bits per heavy atom. The van der Waals surface area contributed by atoms with Gasteiger partial charge in [0, 0.05) is 17.7 Å². The molecule has 1 aromatic rings. The summed E-state index contributed by atoms with van der Waals surface area (Å²) in [6, 6.07) is 0. The largest absolute Gasteiger partial charge is 0.354 e. The number of amides is 1. The van der Waals surface area contributed by atoms with Crippen LogP contribution in [0.15, 0.2) is 0 Å². The number of aromatic nitrogens is 1. The van der Waals surface area contributed by atoms with Crippen molar-refractivity contribution in [3.63, 3.8) is 0 Å². The van der Waals surface area contributed by atoms with E-state index in [1.165, 1.54) is 0 Å². The van der Waals surface area contributed by atoms with Gasteiger partial charge in [-0.15, -0.1) is 0 Å². The standard InChI is InChI=1S/C17H24N2O4S/c1-10-13-11(7-16(2,3)8-12(13)20)18-14(10)15(21)19-17(4)5-6-24(22,23)9-17/h18H,5-9H2,1-4H3,(H,19,21)/t17-/m0/s1. The van der Waals surface area contributed by atoms with Gasteiger partial charge in [-0.25, -0.2) is 8.42 Å². The Morgan fingerprint density at radius 1 is 1.21 bits per heavy atom. The topological polar surface area (TPSA) is 96.1 Å². The number of carbonyl (C=O) groups is 2. The summed E-state index contributed by atoms with van der Waals surface area (Å²) in [5, 5.41) is 2.85. The van der Waals surface area contributed by atoms with E-state index in [2.05, 4.69) is 10.3 Å². The quantitative estimate of drug-likeness (QED) is 0.848. The van der Waals surface area contributed by atoms with Gasteiger partial charge in [-0.3, -0.25) is 9.59 Å². The third-order valence-corrected chi connectivity index (χ3v) is 6.95. The maximum atomic E-state index is 12.7. The second-order valence-electron chi connectivity index (χ2n) is 8.28. The number of carbonyl (C=O) groups excluding carboxylic acids is 2. The first-order chi connectivity index (χ1) is 10.9. The van der Waals surface area contributed by atoms with Crippen LogP contribution in [0.3, 0.4) is 0 Å². The fourth-order valence-electron chi connectivity index (χ4n) is 3.91. The molecule has 3 rings (SSSR count). The van der Waals surface area contributed by atoms with E-state index in [0.717, 1.165) is 5.69 Å². The smallest absolute Gasteiger partial charge is 0.268 e. The summed E-state index contributed by atoms with van der Waals surface area (Å²) in [6.07, 6.45) is 1.59. The molecular weight excluding hydrogens is 328 g/mol. The first-order valence-electron chi connectivity index (χ1n) is 8.19. The van der Waals surface area contributed by atoms with Crippen molar-refractivity contribution in [1.82, 2.24) is 10.3 Å². The predicted molar refractivity (Wildman–Crippen MR) is 91.1 cm³/mol. The fourth-order valence-corrected chi connectivity index (χ4v) is 6.00. The highest BCUT2D eigenvalue weighted by Crippen LogP contribution is 2.36. The molecule has 2 N–H and O–H groups in total. The summed E-state index contributed by atoms with van der Waals surface area (Å²) in [4.78, 5) is 28.2. The number of Topliss-reactive ketones (excluding diaryl/α,β-unsaturated/α-hetero) is 1. The van der Waals surface area contributed by atoms with Crippen molar-refractivity contribution in [1.29, 1.82) is 0 Å². The van der Waals surface area contributed by atoms with Crippen LogP contribution in [0.25, 0.3) is 0 Å². The molecule has 2 aliphatic rings. The van der Waals surface area contributed by atoms with E-state index >= 15 is 0 Å². The Hall–Kier alpha value is -1.63. The van der Waals surface area contributed by atoms with Crippen LogP contribution in [-0.4, -0.2) is 42.1 Å². The SMILES string of the molecule is Cc1c(C(=O)N[C@@]2(C)CCS(=O)(=O)C2)[nH]c2c1C(=O)CC(C)(C)C2. The number of sulfone groups is 1. The number of hydrogen-bond donors (Lipinski definition) is 2. The molecule has 0 bridgehead atoms. The Bertz CT molecular complexity index is 835. The third-order valence-electron chi connectivity index (χ3n) is 5.05. The van der Waals surface area contributed by atoms with Gasteiger partial charge in [0.2, 0.25) is 0 Å². The summed E-state index contributed by atoms with van der Waals surface area (Å²) in [5.74, 6) is -0.232. The Kier molecular flexibility index (Phi) is 3.71. The first-order valence-corrected chi connectivity index (χ1v) is 10.0. The van der Waals surface area contributed by atoms with Crippen molar-refractivity contribution >= 4 is 21.5 Å². The summed E-state index contributed by atoms with van der Waals surface area (Å²) >= 11 is 0. The van der Waals surface area contributed by atoms with E-state index in [-0.39, 0.29) is 28.6 Å². The van der Waals surface area contributed by atoms with Crippen molar-refractivity contribution in [2.24, 2.45) is 5.41 Å². The molecule has 1 amide bonds. The number of ketones is 1. The fraction of sp³-hybridized carbons (Fsp3) is 0.647. The van der Waals surface area contributed by atoms with E-state index in [0.29, 0.717) is 36.1 Å². The zero-order chi connectivity index (χ0) is 17.9. The van der Waals surface area contributed by atoms with Crippen LogP contribution in [0.2, 0.25) is 0 Å². The lowest BCUT2D eigenvalue weighted by Crippen LogP contribution is -2.47. The molecule has 2 heterocycles. The summed E-state index contributed by atoms with van der Waals surface area (Å²) in [5.41, 5.74) is 1.59. The highest BCUT2D eigenvalue weighted by atomic mass is 32.2. The van der Waals surface area contributed by atoms with Crippen molar-refractivity contribution in [2.75, 3.05) is 11.5 Å². The maximum absolute atomic E-state index is 12.7. The highest BCUT2D eigenvalue weighted by Gasteiger charge is 2.41. The molecule has 1 fully saturated rings. The van der Waals surface area contributed by atoms with Crippen LogP contribution in [0.1, 0.15) is 65.7 Å². The zero-order valence-electron chi connectivity index (χ0n) is 14.6. The summed E-state index contributed by atoms with van der Waals surface area (Å²) < 4.78 is 23.4. The van der Waals surface area contributed by atoms with Gasteiger partial charge in [0.25, 0.3) is 5.91 Å². The van der Waals surface area contributed by atoms with Crippen LogP contribution in [0, 0.1) is 12.3 Å². The van der Waals surface area contributed by atoms with Gasteiger partial charge >= 0.3 is 0 Å². The molecule has 1 saturated heterocycles. The van der Waals surface area contributed by atoms with E-state index in [4.69, 9.17) is 0 Å². The Balaban J connectivity index is 1.89. The number of H-pyrrole nitrogens is 1. The second-order valence-corrected chi connectivity index (χ2v) is 10.5. The van der Waals surface area contributed by atoms with Crippen LogP contribution in [0.4, 0.5) is 0 Å². The van der Waals surface area contributed by atoms with Crippen molar-refractivity contribution in [2.45, 2.75) is 52.5 Å². The molecule has 0 radical (unpaired) electrons. The Morgan fingerprint density at radius 3 is 2.46 bits per heavy atom. The van der Waals surface area contributed by atoms with E-state index in [1.807, 2.05) is 13.8 Å². The maximum Gasteiger partial charge on any atom is 0.268 e. The minimum Gasteiger partial charge on any atom is -0.354 e. The van der Waals surface area contributed by atoms with Gasteiger partial charge in [0.1, 0.15) is 5.69 Å². The summed E-state index contributed by atoms with van der Waals surface area (Å²) in [7, 11) is -3.10. The molecular formula is C17H24N2O4S. The lowest BCUT2D eigenvalue weighted by atomic mass is 9.75. The molecule has 1 aliphatic heterocycles. The number of hydrogen-bond acceptors (Lipinski definition) is 4. The van der Waals surface area contributed by atoms with Gasteiger partial charge < -0.3 is 10.3 Å². The minimum absolute atomic E-state index is 0.0445. The molecule has 132 valence electrons. The average molecular weight is 352 g/mol. The average Bonchev–Trinajstić information content (AvgIpc) is 2.85. The Labute approximate surface area is 142 Å². The van der Waals surface area contributed by atoms with Crippen molar-refractivity contribution in [3.8, 4) is 0 Å². The van der Waals surface area contributed by atoms with Gasteiger partial charge in [0.05, 0.1) is 17.0 Å². The van der Waals surface area contributed by atoms with E-state index in [1.54, 1.807) is 13.8 Å². The predicted octanol–water partition coefficient (Wildman–Crippen LogP) is 1.79. The molecule has 0 aromatic carbocycles. The molecule has 24 heavy (non-hydrogen) atoms. The molecule has 7 heteroatoms. The normalized spacial score (nSPS) is 27.8. The van der Waals surface area contributed by atoms with Gasteiger partial charge in [-0.1, -0.05) is 13.8 Å². The van der Waals surface area contributed by atoms with Crippen molar-refractivity contribution in [3.05, 3.63) is 22.5 Å². The van der Waals surface area contributed by atoms with Gasteiger partial charge in [-0.05, 0) is 37.7 Å². The lowest BCUT2D eigenvalue weighted by molar-refractivity contribution is 0.0902. The third kappa shape index (κ3) is 3.01. The molecule has 0 saturated carbocycles.